The Bertz CT molecular complexity index is 608. The summed E-state index contributed by atoms with van der Waals surface area (Å²) in [6, 6.07) is 6.45. The van der Waals surface area contributed by atoms with Crippen LogP contribution in [0.2, 0.25) is 0 Å². The quantitative estimate of drug-likeness (QED) is 0.490. The number of benzene rings is 1. The van der Waals surface area contributed by atoms with Gasteiger partial charge >= 0.3 is 0 Å². The van der Waals surface area contributed by atoms with E-state index in [4.69, 9.17) is 9.47 Å². The Hall–Kier alpha value is -1.59. The van der Waals surface area contributed by atoms with Crippen LogP contribution in [0.15, 0.2) is 18.2 Å². The number of morpholine rings is 1. The zero-order valence-corrected chi connectivity index (χ0v) is 17.8. The molecule has 1 aliphatic rings. The molecule has 1 saturated heterocycles. The van der Waals surface area contributed by atoms with Crippen LogP contribution in [0.3, 0.4) is 0 Å². The largest absolute Gasteiger partial charge is 0.493 e. The van der Waals surface area contributed by atoms with Gasteiger partial charge in [0.25, 0.3) is 5.91 Å². The number of rotatable bonds is 9. The molecule has 152 valence electrons. The van der Waals surface area contributed by atoms with Crippen molar-refractivity contribution >= 4 is 5.91 Å². The van der Waals surface area contributed by atoms with Gasteiger partial charge in [-0.25, -0.2) is 0 Å². The van der Waals surface area contributed by atoms with Crippen LogP contribution in [0, 0.1) is 6.92 Å². The highest BCUT2D eigenvalue weighted by molar-refractivity contribution is 5.77. The van der Waals surface area contributed by atoms with Gasteiger partial charge < -0.3 is 18.9 Å². The lowest BCUT2D eigenvalue weighted by atomic mass is 10.0. The van der Waals surface area contributed by atoms with Gasteiger partial charge in [0.1, 0.15) is 5.75 Å². The Balaban J connectivity index is 1.72. The minimum atomic E-state index is 0.237. The number of nitrogens with zero attached hydrogens (tertiary/aromatic N) is 2. The van der Waals surface area contributed by atoms with Crippen LogP contribution >= 0.6 is 0 Å². The molecule has 0 atom stereocenters. The Morgan fingerprint density at radius 3 is 2.59 bits per heavy atom. The van der Waals surface area contributed by atoms with Crippen LogP contribution < -0.4 is 4.74 Å². The molecular weight excluding hydrogens is 340 g/mol. The second-order valence-electron chi connectivity index (χ2n) is 8.56. The molecule has 0 spiro atoms. The topological polar surface area (TPSA) is 38.8 Å². The highest BCUT2D eigenvalue weighted by Crippen LogP contribution is 2.27. The zero-order valence-electron chi connectivity index (χ0n) is 17.8. The molecule has 1 aromatic carbocycles. The molecule has 27 heavy (non-hydrogen) atoms. The number of likely N-dealkylation sites (N-methyl/N-ethyl adjacent to an activating group) is 1. The van der Waals surface area contributed by atoms with Gasteiger partial charge in [0.2, 0.25) is 0 Å². The number of hydrogen-bond donors (Lipinski definition) is 0. The fourth-order valence-corrected chi connectivity index (χ4v) is 3.43. The number of amides is 1. The molecule has 1 heterocycles. The van der Waals surface area contributed by atoms with Crippen molar-refractivity contribution in [3.63, 3.8) is 0 Å². The molecule has 1 aliphatic heterocycles. The number of carbonyl (C=O) groups is 1. The summed E-state index contributed by atoms with van der Waals surface area (Å²) in [6.45, 7) is 11.5. The van der Waals surface area contributed by atoms with Crippen molar-refractivity contribution in [2.45, 2.75) is 39.5 Å². The van der Waals surface area contributed by atoms with Crippen LogP contribution in [0.1, 0.15) is 43.7 Å². The predicted molar refractivity (Wildman–Crippen MR) is 109 cm³/mol. The van der Waals surface area contributed by atoms with E-state index < -0.39 is 0 Å². The summed E-state index contributed by atoms with van der Waals surface area (Å²) < 4.78 is 12.1. The highest BCUT2D eigenvalue weighted by atomic mass is 16.5. The maximum Gasteiger partial charge on any atom is 0.277 e. The van der Waals surface area contributed by atoms with Crippen molar-refractivity contribution in [2.24, 2.45) is 0 Å². The van der Waals surface area contributed by atoms with Crippen LogP contribution in [0.25, 0.3) is 0 Å². The number of carbonyl (C=O) groups excluding carboxylic acids is 1. The Morgan fingerprint density at radius 1 is 1.22 bits per heavy atom. The van der Waals surface area contributed by atoms with Crippen molar-refractivity contribution < 1.29 is 18.8 Å². The lowest BCUT2D eigenvalue weighted by Crippen LogP contribution is -2.51. The molecule has 0 N–H and O–H groups in total. The maximum atomic E-state index is 12.5. The van der Waals surface area contributed by atoms with E-state index in [1.165, 1.54) is 11.1 Å². The van der Waals surface area contributed by atoms with Crippen molar-refractivity contribution in [3.8, 4) is 5.75 Å². The lowest BCUT2D eigenvalue weighted by molar-refractivity contribution is -0.883. The SMILES string of the molecule is Cc1ccc(C(C)C)c(OCCCC[N+](C)(C)CC(=O)N2CCOCC2)c1. The van der Waals surface area contributed by atoms with Gasteiger partial charge in [-0.3, -0.25) is 4.79 Å². The average molecular weight is 378 g/mol. The summed E-state index contributed by atoms with van der Waals surface area (Å²) in [5, 5.41) is 0. The summed E-state index contributed by atoms with van der Waals surface area (Å²) in [5.41, 5.74) is 2.50. The molecule has 1 aromatic rings. The van der Waals surface area contributed by atoms with Crippen molar-refractivity contribution in [1.29, 1.82) is 0 Å². The number of quaternary nitrogens is 1. The molecule has 5 heteroatoms. The Morgan fingerprint density at radius 2 is 1.93 bits per heavy atom. The van der Waals surface area contributed by atoms with Crippen LogP contribution in [-0.4, -0.2) is 75.4 Å². The van der Waals surface area contributed by atoms with E-state index in [1.54, 1.807) is 0 Å². The van der Waals surface area contributed by atoms with Crippen molar-refractivity contribution in [1.82, 2.24) is 4.90 Å². The van der Waals surface area contributed by atoms with E-state index in [0.717, 1.165) is 49.3 Å². The van der Waals surface area contributed by atoms with Crippen LogP contribution in [-0.2, 0) is 9.53 Å². The van der Waals surface area contributed by atoms with Crippen LogP contribution in [0.4, 0.5) is 0 Å². The summed E-state index contributed by atoms with van der Waals surface area (Å²) in [6.07, 6.45) is 2.05. The summed E-state index contributed by atoms with van der Waals surface area (Å²) >= 11 is 0. The Labute approximate surface area is 164 Å². The van der Waals surface area contributed by atoms with E-state index in [2.05, 4.69) is 53.1 Å². The smallest absolute Gasteiger partial charge is 0.277 e. The normalized spacial score (nSPS) is 15.3. The molecule has 0 aliphatic carbocycles. The second kappa shape index (κ2) is 10.1. The third-order valence-corrected chi connectivity index (χ3v) is 5.13. The maximum absolute atomic E-state index is 12.5. The van der Waals surface area contributed by atoms with Gasteiger partial charge in [0.05, 0.1) is 40.5 Å². The molecular formula is C22H37N2O3+. The summed E-state index contributed by atoms with van der Waals surface area (Å²) in [7, 11) is 4.27. The first-order valence-electron chi connectivity index (χ1n) is 10.2. The number of hydrogen-bond acceptors (Lipinski definition) is 3. The third kappa shape index (κ3) is 7.15. The first-order valence-corrected chi connectivity index (χ1v) is 10.2. The average Bonchev–Trinajstić information content (AvgIpc) is 2.61. The zero-order chi connectivity index (χ0) is 19.9. The van der Waals surface area contributed by atoms with Gasteiger partial charge in [0.15, 0.2) is 6.54 Å². The molecule has 2 rings (SSSR count). The van der Waals surface area contributed by atoms with E-state index >= 15 is 0 Å². The monoisotopic (exact) mass is 377 g/mol. The predicted octanol–water partition coefficient (Wildman–Crippen LogP) is 3.21. The molecule has 1 amide bonds. The minimum absolute atomic E-state index is 0.237. The van der Waals surface area contributed by atoms with E-state index in [9.17, 15) is 4.79 Å². The fourth-order valence-electron chi connectivity index (χ4n) is 3.43. The van der Waals surface area contributed by atoms with Crippen molar-refractivity contribution in [3.05, 3.63) is 29.3 Å². The molecule has 0 radical (unpaired) electrons. The number of unbranched alkanes of at least 4 members (excludes halogenated alkanes) is 1. The van der Waals surface area contributed by atoms with Gasteiger partial charge in [-0.05, 0) is 42.9 Å². The standard InChI is InChI=1S/C22H37N2O3/c1-18(2)20-9-8-19(3)16-21(20)27-13-7-6-12-24(4,5)17-22(25)23-10-14-26-15-11-23/h8-9,16,18H,6-7,10-15,17H2,1-5H3/q+1. The molecule has 0 unspecified atom stereocenters. The molecule has 5 nitrogen and oxygen atoms in total. The van der Waals surface area contributed by atoms with Gasteiger partial charge in [-0.2, -0.15) is 0 Å². The number of aryl methyl sites for hydroxylation is 1. The second-order valence-corrected chi connectivity index (χ2v) is 8.56. The Kier molecular flexibility index (Phi) is 8.11. The lowest BCUT2D eigenvalue weighted by Gasteiger charge is -2.33. The van der Waals surface area contributed by atoms with Crippen LogP contribution in [0.5, 0.6) is 5.75 Å². The first kappa shape index (κ1) is 21.7. The van der Waals surface area contributed by atoms with E-state index in [1.807, 2.05) is 4.90 Å². The van der Waals surface area contributed by atoms with Gasteiger partial charge in [-0.1, -0.05) is 26.0 Å². The fraction of sp³-hybridized carbons (Fsp3) is 0.682. The molecule has 0 saturated carbocycles. The third-order valence-electron chi connectivity index (χ3n) is 5.13. The summed E-state index contributed by atoms with van der Waals surface area (Å²) in [4.78, 5) is 14.4. The van der Waals surface area contributed by atoms with E-state index in [0.29, 0.717) is 25.7 Å². The van der Waals surface area contributed by atoms with Gasteiger partial charge in [-0.15, -0.1) is 0 Å². The molecule has 1 fully saturated rings. The number of ether oxygens (including phenoxy) is 2. The summed E-state index contributed by atoms with van der Waals surface area (Å²) in [5.74, 6) is 1.71. The minimum Gasteiger partial charge on any atom is -0.493 e. The van der Waals surface area contributed by atoms with Crippen molar-refractivity contribution in [2.75, 3.05) is 60.1 Å². The first-order chi connectivity index (χ1) is 12.8. The van der Waals surface area contributed by atoms with E-state index in [-0.39, 0.29) is 5.91 Å². The molecule has 0 bridgehead atoms. The highest BCUT2D eigenvalue weighted by Gasteiger charge is 2.25. The molecule has 0 aromatic heterocycles. The van der Waals surface area contributed by atoms with Gasteiger partial charge in [0, 0.05) is 13.1 Å².